The van der Waals surface area contributed by atoms with Crippen LogP contribution in [0.15, 0.2) is 10.7 Å². The van der Waals surface area contributed by atoms with Gasteiger partial charge in [-0.25, -0.2) is 4.79 Å². The van der Waals surface area contributed by atoms with Gasteiger partial charge in [-0.15, -0.1) is 0 Å². The Balaban J connectivity index is 1.55. The molecular formula is C15H23N3O3. The molecule has 0 amide bonds. The van der Waals surface area contributed by atoms with Gasteiger partial charge in [0.1, 0.15) is 6.26 Å². The van der Waals surface area contributed by atoms with Crippen molar-refractivity contribution in [2.45, 2.75) is 45.2 Å². The van der Waals surface area contributed by atoms with Crippen molar-refractivity contribution in [3.63, 3.8) is 0 Å². The predicted molar refractivity (Wildman–Crippen MR) is 78.5 cm³/mol. The van der Waals surface area contributed by atoms with E-state index in [1.165, 1.54) is 32.1 Å². The summed E-state index contributed by atoms with van der Waals surface area (Å²) in [4.78, 5) is 20.5. The van der Waals surface area contributed by atoms with Crippen molar-refractivity contribution in [2.75, 3.05) is 31.1 Å². The molecule has 0 N–H and O–H groups in total. The van der Waals surface area contributed by atoms with Crippen molar-refractivity contribution in [1.82, 2.24) is 9.88 Å². The van der Waals surface area contributed by atoms with Gasteiger partial charge in [-0.2, -0.15) is 4.98 Å². The monoisotopic (exact) mass is 293 g/mol. The molecule has 2 aliphatic rings. The number of rotatable bonds is 4. The molecule has 1 aromatic rings. The van der Waals surface area contributed by atoms with Crippen LogP contribution < -0.4 is 4.90 Å². The lowest BCUT2D eigenvalue weighted by molar-refractivity contribution is 0.0519. The van der Waals surface area contributed by atoms with E-state index in [4.69, 9.17) is 9.15 Å². The number of piperidine rings is 1. The number of hydrogen-bond acceptors (Lipinski definition) is 6. The summed E-state index contributed by atoms with van der Waals surface area (Å²) in [7, 11) is 0. The first-order valence-corrected chi connectivity index (χ1v) is 7.82. The molecular weight excluding hydrogens is 270 g/mol. The van der Waals surface area contributed by atoms with Crippen LogP contribution in [0, 0.1) is 0 Å². The lowest BCUT2D eigenvalue weighted by Gasteiger charge is -2.48. The predicted octanol–water partition coefficient (Wildman–Crippen LogP) is 1.91. The highest BCUT2D eigenvalue weighted by Crippen LogP contribution is 2.27. The van der Waals surface area contributed by atoms with Crippen LogP contribution >= 0.6 is 0 Å². The molecule has 0 aromatic carbocycles. The third kappa shape index (κ3) is 2.90. The van der Waals surface area contributed by atoms with Gasteiger partial charge in [-0.05, 0) is 33.2 Å². The summed E-state index contributed by atoms with van der Waals surface area (Å²) in [5.74, 6) is -0.422. The Kier molecular flexibility index (Phi) is 4.14. The van der Waals surface area contributed by atoms with Gasteiger partial charge in [0.25, 0.3) is 6.01 Å². The highest BCUT2D eigenvalue weighted by atomic mass is 16.5. The fourth-order valence-corrected chi connectivity index (χ4v) is 3.19. The van der Waals surface area contributed by atoms with E-state index in [1.807, 2.05) is 0 Å². The topological polar surface area (TPSA) is 58.8 Å². The van der Waals surface area contributed by atoms with Gasteiger partial charge in [-0.3, -0.25) is 4.90 Å². The Hall–Kier alpha value is -1.56. The Morgan fingerprint density at radius 2 is 2.29 bits per heavy atom. The first kappa shape index (κ1) is 14.4. The first-order valence-electron chi connectivity index (χ1n) is 7.82. The minimum atomic E-state index is -0.422. The number of ether oxygens (including phenoxy) is 1. The molecule has 0 spiro atoms. The molecule has 6 nitrogen and oxygen atoms in total. The van der Waals surface area contributed by atoms with Crippen LogP contribution in [0.5, 0.6) is 0 Å². The molecule has 6 heteroatoms. The van der Waals surface area contributed by atoms with Crippen LogP contribution in [0.3, 0.4) is 0 Å². The van der Waals surface area contributed by atoms with Crippen LogP contribution in [-0.4, -0.2) is 54.2 Å². The second kappa shape index (κ2) is 6.05. The standard InChI is InChI=1S/C15H23N3O3/c1-3-20-14(19)13-10-21-15(16-13)17-8-12(9-17)18-7-5-4-6-11(18)2/h10-12H,3-9H2,1-2H3/t11-/m1/s1. The molecule has 3 rings (SSSR count). The molecule has 0 saturated carbocycles. The minimum absolute atomic E-state index is 0.252. The van der Waals surface area contributed by atoms with Crippen molar-refractivity contribution in [2.24, 2.45) is 0 Å². The van der Waals surface area contributed by atoms with Gasteiger partial charge in [0.2, 0.25) is 0 Å². The fraction of sp³-hybridized carbons (Fsp3) is 0.733. The van der Waals surface area contributed by atoms with E-state index in [1.54, 1.807) is 6.92 Å². The zero-order valence-electron chi connectivity index (χ0n) is 12.7. The molecule has 1 atom stereocenters. The number of likely N-dealkylation sites (tertiary alicyclic amines) is 1. The SMILES string of the molecule is CCOC(=O)c1coc(N2CC(N3CCCC[C@H]3C)C2)n1. The van der Waals surface area contributed by atoms with E-state index >= 15 is 0 Å². The van der Waals surface area contributed by atoms with Gasteiger partial charge in [0.05, 0.1) is 6.61 Å². The van der Waals surface area contributed by atoms with Gasteiger partial charge < -0.3 is 14.1 Å². The van der Waals surface area contributed by atoms with Crippen LogP contribution in [0.1, 0.15) is 43.6 Å². The third-order valence-corrected chi connectivity index (χ3v) is 4.43. The maximum atomic E-state index is 11.6. The molecule has 2 fully saturated rings. The van der Waals surface area contributed by atoms with Crippen LogP contribution in [0.2, 0.25) is 0 Å². The fourth-order valence-electron chi connectivity index (χ4n) is 3.19. The Morgan fingerprint density at radius 1 is 1.48 bits per heavy atom. The van der Waals surface area contributed by atoms with E-state index in [0.717, 1.165) is 13.1 Å². The largest absolute Gasteiger partial charge is 0.461 e. The summed E-state index contributed by atoms with van der Waals surface area (Å²) >= 11 is 0. The molecule has 0 aliphatic carbocycles. The lowest BCUT2D eigenvalue weighted by atomic mass is 9.98. The van der Waals surface area contributed by atoms with Crippen molar-refractivity contribution >= 4 is 12.0 Å². The van der Waals surface area contributed by atoms with Gasteiger partial charge >= 0.3 is 5.97 Å². The quantitative estimate of drug-likeness (QED) is 0.790. The molecule has 3 heterocycles. The van der Waals surface area contributed by atoms with E-state index in [2.05, 4.69) is 21.7 Å². The molecule has 21 heavy (non-hydrogen) atoms. The second-order valence-corrected chi connectivity index (χ2v) is 5.88. The van der Waals surface area contributed by atoms with E-state index < -0.39 is 5.97 Å². The zero-order valence-corrected chi connectivity index (χ0v) is 12.7. The van der Waals surface area contributed by atoms with Crippen molar-refractivity contribution in [1.29, 1.82) is 0 Å². The molecule has 0 radical (unpaired) electrons. The number of oxazole rings is 1. The Bertz CT molecular complexity index is 496. The Morgan fingerprint density at radius 3 is 3.00 bits per heavy atom. The highest BCUT2D eigenvalue weighted by Gasteiger charge is 2.37. The first-order chi connectivity index (χ1) is 10.2. The molecule has 0 unspecified atom stereocenters. The summed E-state index contributed by atoms with van der Waals surface area (Å²) < 4.78 is 10.3. The summed E-state index contributed by atoms with van der Waals surface area (Å²) in [6.07, 6.45) is 5.32. The summed E-state index contributed by atoms with van der Waals surface area (Å²) in [5, 5.41) is 0. The summed E-state index contributed by atoms with van der Waals surface area (Å²) in [5.41, 5.74) is 0.252. The maximum Gasteiger partial charge on any atom is 0.360 e. The highest BCUT2D eigenvalue weighted by molar-refractivity contribution is 5.87. The number of carbonyl (C=O) groups excluding carboxylic acids is 1. The molecule has 2 saturated heterocycles. The summed E-state index contributed by atoms with van der Waals surface area (Å²) in [6.45, 7) is 7.48. The second-order valence-electron chi connectivity index (χ2n) is 5.88. The maximum absolute atomic E-state index is 11.6. The van der Waals surface area contributed by atoms with E-state index in [9.17, 15) is 4.79 Å². The van der Waals surface area contributed by atoms with Gasteiger partial charge in [0.15, 0.2) is 5.69 Å². The summed E-state index contributed by atoms with van der Waals surface area (Å²) in [6, 6.07) is 1.78. The average molecular weight is 293 g/mol. The number of nitrogens with zero attached hydrogens (tertiary/aromatic N) is 3. The van der Waals surface area contributed by atoms with Crippen LogP contribution in [0.25, 0.3) is 0 Å². The van der Waals surface area contributed by atoms with Crippen molar-refractivity contribution in [3.05, 3.63) is 12.0 Å². The molecule has 116 valence electrons. The normalized spacial score (nSPS) is 23.9. The minimum Gasteiger partial charge on any atom is -0.461 e. The number of hydrogen-bond donors (Lipinski definition) is 0. The molecule has 1 aromatic heterocycles. The van der Waals surface area contributed by atoms with Crippen molar-refractivity contribution < 1.29 is 13.9 Å². The van der Waals surface area contributed by atoms with E-state index in [-0.39, 0.29) is 5.69 Å². The Labute approximate surface area is 125 Å². The van der Waals surface area contributed by atoms with Crippen LogP contribution in [0.4, 0.5) is 6.01 Å². The lowest BCUT2D eigenvalue weighted by Crippen LogP contribution is -2.62. The van der Waals surface area contributed by atoms with Crippen LogP contribution in [-0.2, 0) is 4.74 Å². The number of esters is 1. The molecule has 2 aliphatic heterocycles. The van der Waals surface area contributed by atoms with E-state index in [0.29, 0.717) is 24.7 Å². The average Bonchev–Trinajstić information content (AvgIpc) is 2.89. The zero-order chi connectivity index (χ0) is 14.8. The van der Waals surface area contributed by atoms with Crippen molar-refractivity contribution in [3.8, 4) is 0 Å². The van der Waals surface area contributed by atoms with Gasteiger partial charge in [0, 0.05) is 25.2 Å². The third-order valence-electron chi connectivity index (χ3n) is 4.43. The van der Waals surface area contributed by atoms with Gasteiger partial charge in [-0.1, -0.05) is 6.42 Å². The smallest absolute Gasteiger partial charge is 0.360 e. The molecule has 0 bridgehead atoms. The number of aromatic nitrogens is 1. The number of anilines is 1. The number of carbonyl (C=O) groups is 1.